The second kappa shape index (κ2) is 32.5. The molecule has 81 heavy (non-hydrogen) atoms. The molecule has 0 aromatic heterocycles. The number of likely N-dealkylation sites (N-methyl/N-ethyl adjacent to an activating group) is 7. The summed E-state index contributed by atoms with van der Waals surface area (Å²) in [7, 11) is 9.46. The number of hydrogen-bond acceptors (Lipinski definition) is 13. The summed E-state index contributed by atoms with van der Waals surface area (Å²) in [5.74, 6) is -10.4. The molecule has 0 spiro atoms. The number of nitrogens with zero attached hydrogens (tertiary/aromatic N) is 7. The lowest BCUT2D eigenvalue weighted by Crippen LogP contribution is -2.63. The van der Waals surface area contributed by atoms with Gasteiger partial charge in [-0.15, -0.1) is 0 Å². The van der Waals surface area contributed by atoms with Crippen molar-refractivity contribution >= 4 is 65.0 Å². The van der Waals surface area contributed by atoms with Crippen LogP contribution in [-0.2, 0) is 52.7 Å². The van der Waals surface area contributed by atoms with E-state index >= 15 is 9.59 Å². The van der Waals surface area contributed by atoms with E-state index in [2.05, 4.69) is 21.3 Å². The molecule has 1 fully saturated rings. The molecule has 24 nitrogen and oxygen atoms in total. The van der Waals surface area contributed by atoms with Crippen molar-refractivity contribution in [1.82, 2.24) is 55.6 Å². The zero-order valence-electron chi connectivity index (χ0n) is 52.5. The normalized spacial score (nSPS) is 27.9. The van der Waals surface area contributed by atoms with Crippen molar-refractivity contribution < 1.29 is 63.0 Å². The van der Waals surface area contributed by atoms with Gasteiger partial charge in [0, 0.05) is 49.3 Å². The van der Waals surface area contributed by atoms with Crippen LogP contribution < -0.4 is 21.3 Å². The molecule has 0 unspecified atom stereocenters. The molecule has 0 aromatic carbocycles. The number of amides is 11. The van der Waals surface area contributed by atoms with Crippen LogP contribution in [0.5, 0.6) is 0 Å². The van der Waals surface area contributed by atoms with E-state index in [0.717, 1.165) is 19.6 Å². The van der Waals surface area contributed by atoms with Gasteiger partial charge in [-0.2, -0.15) is 0 Å². The van der Waals surface area contributed by atoms with Crippen LogP contribution in [0.2, 0.25) is 0 Å². The van der Waals surface area contributed by atoms with Gasteiger partial charge in [0.25, 0.3) is 0 Å². The number of allylic oxidation sites excluding steroid dienone is 2. The summed E-state index contributed by atoms with van der Waals surface area (Å²) in [5.41, 5.74) is 0. The minimum Gasteiger partial charge on any atom is -0.391 e. The van der Waals surface area contributed by atoms with Gasteiger partial charge in [0.15, 0.2) is 0 Å². The van der Waals surface area contributed by atoms with Gasteiger partial charge in [0.1, 0.15) is 60.4 Å². The topological polar surface area (TPSA) is 299 Å². The first-order valence-electron chi connectivity index (χ1n) is 28.4. The molecule has 13 atom stereocenters. The third kappa shape index (κ3) is 19.5. The van der Waals surface area contributed by atoms with E-state index in [0.29, 0.717) is 6.42 Å². The smallest absolute Gasteiger partial charge is 0.246 e. The summed E-state index contributed by atoms with van der Waals surface area (Å²) in [6, 6.07) is -13.1. The van der Waals surface area contributed by atoms with Crippen LogP contribution in [0.25, 0.3) is 0 Å². The van der Waals surface area contributed by atoms with E-state index in [4.69, 9.17) is 0 Å². The summed E-state index contributed by atoms with van der Waals surface area (Å²) < 4.78 is 0. The second-order valence-corrected chi connectivity index (χ2v) is 23.7. The van der Waals surface area contributed by atoms with Crippen molar-refractivity contribution in [3.05, 3.63) is 12.2 Å². The Morgan fingerprint density at radius 3 is 1.43 bits per heavy atom. The SMILES string of the molecule is C/C=C/C[C@@H](C)[C@@H](O)[C@H]1C(=O)N[C@@H](CC)C(=O)N(C)CC(=O)N(C)[C@@H]([C@@H](C)O)C(=O)N[C@@H](C(C)C)C(=O)N(C)[C@@H](C)C(=O)N[C@@H](C)C(=O)N[C@H](C)C(=O)N(C)[C@@H](CC(C)C)C(=O)N(C)[C@H](CC(C)C)C(=O)N(C)[C@@H](C(C)C)C(=O)N1C. The first kappa shape index (κ1) is 72.8. The number of rotatable bonds is 12. The standard InChI is InChI=1S/C57H101N11O13/c1-23-25-26-34(11)47(71)46-51(75)60-39(24-2)53(77)62(16)29-42(70)66(20)45(38(15)69)50(74)61-43(32(7)8)56(80)63(17)37(14)49(73)58-35(12)48(72)59-36(13)52(76)64(18)40(27-30(3)4)54(78)65(19)41(28-31(5)6)55(79)67(21)44(33(9)10)57(81)68(46)22/h23,25,30-41,43-47,69,71H,24,26-29H2,1-22H3,(H,58,73)(H,59,72)(H,60,75)(H,61,74)/b25-23+/t34-,35+,36-,37+,38-,39+,40+,41-,43+,44+,45+,46+,47-/m1/s1. The fourth-order valence-electron chi connectivity index (χ4n) is 9.83. The van der Waals surface area contributed by atoms with E-state index in [1.807, 2.05) is 27.7 Å². The van der Waals surface area contributed by atoms with E-state index < -0.39 is 162 Å². The Morgan fingerprint density at radius 2 is 0.975 bits per heavy atom. The lowest BCUT2D eigenvalue weighted by molar-refractivity contribution is -0.157. The zero-order valence-corrected chi connectivity index (χ0v) is 52.5. The molecule has 6 N–H and O–H groups in total. The summed E-state index contributed by atoms with van der Waals surface area (Å²) in [4.78, 5) is 165. The minimum absolute atomic E-state index is 0.0179. The van der Waals surface area contributed by atoms with E-state index in [1.165, 1.54) is 91.7 Å². The lowest BCUT2D eigenvalue weighted by atomic mass is 9.91. The number of aliphatic hydroxyl groups excluding tert-OH is 2. The van der Waals surface area contributed by atoms with Gasteiger partial charge in [0.2, 0.25) is 65.0 Å². The van der Waals surface area contributed by atoms with Crippen LogP contribution in [0.3, 0.4) is 0 Å². The van der Waals surface area contributed by atoms with E-state index in [-0.39, 0.29) is 31.1 Å². The van der Waals surface area contributed by atoms with Gasteiger partial charge in [-0.05, 0) is 89.9 Å². The molecule has 0 bridgehead atoms. The van der Waals surface area contributed by atoms with Gasteiger partial charge in [-0.1, -0.05) is 81.4 Å². The predicted octanol–water partition coefficient (Wildman–Crippen LogP) is 0.577. The predicted molar refractivity (Wildman–Crippen MR) is 307 cm³/mol. The molecule has 11 amide bonds. The molecule has 1 aliphatic rings. The van der Waals surface area contributed by atoms with Gasteiger partial charge >= 0.3 is 0 Å². The van der Waals surface area contributed by atoms with Crippen LogP contribution in [0.4, 0.5) is 0 Å². The Kier molecular flexibility index (Phi) is 29.2. The summed E-state index contributed by atoms with van der Waals surface area (Å²) in [6.45, 7) is 24.0. The van der Waals surface area contributed by atoms with Crippen molar-refractivity contribution in [1.29, 1.82) is 0 Å². The molecular formula is C57H101N11O13. The number of carbonyl (C=O) groups is 11. The van der Waals surface area contributed by atoms with Crippen LogP contribution in [-0.4, -0.2) is 238 Å². The average Bonchev–Trinajstić information content (AvgIpc) is 3.38. The Hall–Kier alpha value is -6.17. The maximum atomic E-state index is 15.1. The first-order chi connectivity index (χ1) is 37.3. The number of nitrogens with one attached hydrogen (secondary N) is 4. The van der Waals surface area contributed by atoms with Crippen molar-refractivity contribution in [2.24, 2.45) is 29.6 Å². The molecule has 0 radical (unpaired) electrons. The Balaban J connectivity index is 4.22. The molecule has 1 heterocycles. The van der Waals surface area contributed by atoms with Crippen molar-refractivity contribution in [2.45, 2.75) is 202 Å². The van der Waals surface area contributed by atoms with Gasteiger partial charge in [-0.3, -0.25) is 52.7 Å². The van der Waals surface area contributed by atoms with Crippen LogP contribution in [0, 0.1) is 29.6 Å². The first-order valence-corrected chi connectivity index (χ1v) is 28.4. The minimum atomic E-state index is -1.64. The van der Waals surface area contributed by atoms with Gasteiger partial charge < -0.3 is 65.8 Å². The molecule has 0 saturated carbocycles. The molecular weight excluding hydrogens is 1050 g/mol. The maximum Gasteiger partial charge on any atom is 0.246 e. The molecule has 1 saturated heterocycles. The zero-order chi connectivity index (χ0) is 63.0. The van der Waals surface area contributed by atoms with Crippen molar-refractivity contribution in [3.8, 4) is 0 Å². The molecule has 24 heteroatoms. The third-order valence-corrected chi connectivity index (χ3v) is 15.3. The summed E-state index contributed by atoms with van der Waals surface area (Å²) in [5, 5.41) is 33.4. The Labute approximate surface area is 481 Å². The molecule has 1 aliphatic heterocycles. The van der Waals surface area contributed by atoms with Crippen molar-refractivity contribution in [2.75, 3.05) is 55.9 Å². The highest BCUT2D eigenvalue weighted by Gasteiger charge is 2.45. The number of hydrogen-bond donors (Lipinski definition) is 6. The van der Waals surface area contributed by atoms with Gasteiger partial charge in [0.05, 0.1) is 18.8 Å². The third-order valence-electron chi connectivity index (χ3n) is 15.3. The number of carbonyl (C=O) groups excluding carboxylic acids is 11. The highest BCUT2D eigenvalue weighted by atomic mass is 16.3. The monoisotopic (exact) mass is 1150 g/mol. The fourth-order valence-corrected chi connectivity index (χ4v) is 9.83. The quantitative estimate of drug-likeness (QED) is 0.146. The largest absolute Gasteiger partial charge is 0.391 e. The molecule has 0 aliphatic carbocycles. The molecule has 462 valence electrons. The Morgan fingerprint density at radius 1 is 0.506 bits per heavy atom. The van der Waals surface area contributed by atoms with Crippen LogP contribution >= 0.6 is 0 Å². The summed E-state index contributed by atoms with van der Waals surface area (Å²) in [6.07, 6.45) is 1.08. The van der Waals surface area contributed by atoms with Gasteiger partial charge in [-0.25, -0.2) is 0 Å². The fraction of sp³-hybridized carbons (Fsp3) is 0.772. The summed E-state index contributed by atoms with van der Waals surface area (Å²) >= 11 is 0. The lowest BCUT2D eigenvalue weighted by Gasteiger charge is -2.41. The van der Waals surface area contributed by atoms with Crippen LogP contribution in [0.1, 0.15) is 130 Å². The van der Waals surface area contributed by atoms with Crippen molar-refractivity contribution in [3.63, 3.8) is 0 Å². The molecule has 0 aromatic rings. The van der Waals surface area contributed by atoms with E-state index in [9.17, 15) is 53.4 Å². The second-order valence-electron chi connectivity index (χ2n) is 23.7. The highest BCUT2D eigenvalue weighted by molar-refractivity contribution is 5.99. The highest BCUT2D eigenvalue weighted by Crippen LogP contribution is 2.25. The average molecular weight is 1150 g/mol. The molecule has 1 rings (SSSR count). The number of aliphatic hydroxyl groups is 2. The Bertz CT molecular complexity index is 2240. The van der Waals surface area contributed by atoms with Crippen LogP contribution in [0.15, 0.2) is 12.2 Å². The maximum absolute atomic E-state index is 15.1. The van der Waals surface area contributed by atoms with E-state index in [1.54, 1.807) is 60.6 Å².